The van der Waals surface area contributed by atoms with Crippen molar-refractivity contribution in [2.24, 2.45) is 0 Å². The molecule has 2 aromatic heterocycles. The lowest BCUT2D eigenvalue weighted by Crippen LogP contribution is -2.43. The second-order valence-electron chi connectivity index (χ2n) is 10.1. The first-order chi connectivity index (χ1) is 17.9. The Morgan fingerprint density at radius 1 is 1.21 bits per heavy atom. The van der Waals surface area contributed by atoms with Crippen molar-refractivity contribution in [2.75, 3.05) is 18.8 Å². The minimum atomic E-state index is -0.752. The normalized spacial score (nSPS) is 15.3. The summed E-state index contributed by atoms with van der Waals surface area (Å²) < 4.78 is 34.4. The number of nitrogens with zero attached hydrogens (tertiary/aromatic N) is 4. The van der Waals surface area contributed by atoms with Crippen LogP contribution in [0.5, 0.6) is 0 Å². The van der Waals surface area contributed by atoms with Crippen LogP contribution in [0, 0.1) is 18.7 Å². The molecule has 0 saturated heterocycles. The molecule has 9 nitrogen and oxygen atoms in total. The van der Waals surface area contributed by atoms with Gasteiger partial charge in [-0.1, -0.05) is 6.07 Å². The number of aryl methyl sites for hydroxylation is 1. The van der Waals surface area contributed by atoms with Gasteiger partial charge >= 0.3 is 6.09 Å². The number of anilines is 1. The molecule has 2 amide bonds. The zero-order valence-corrected chi connectivity index (χ0v) is 21.7. The molecule has 38 heavy (non-hydrogen) atoms. The van der Waals surface area contributed by atoms with Gasteiger partial charge in [0.2, 0.25) is 11.9 Å². The molecule has 200 valence electrons. The Morgan fingerprint density at radius 3 is 2.68 bits per heavy atom. The number of carbonyl (C=O) groups is 2. The molecule has 1 unspecified atom stereocenters. The van der Waals surface area contributed by atoms with Gasteiger partial charge in [0.25, 0.3) is 5.91 Å². The second kappa shape index (κ2) is 10.7. The number of alkyl carbamates (subject to hydrolysis) is 1. The average molecular weight is 525 g/mol. The fourth-order valence-corrected chi connectivity index (χ4v) is 4.59. The largest absolute Gasteiger partial charge is 0.444 e. The van der Waals surface area contributed by atoms with Crippen molar-refractivity contribution in [1.29, 1.82) is 0 Å². The van der Waals surface area contributed by atoms with Gasteiger partial charge in [0.15, 0.2) is 0 Å². The summed E-state index contributed by atoms with van der Waals surface area (Å²) in [5, 5.41) is 2.69. The van der Waals surface area contributed by atoms with Gasteiger partial charge in [-0.05, 0) is 69.5 Å². The van der Waals surface area contributed by atoms with Gasteiger partial charge in [0.05, 0.1) is 23.0 Å². The van der Waals surface area contributed by atoms with Gasteiger partial charge in [-0.15, -0.1) is 0 Å². The Labute approximate surface area is 219 Å². The molecule has 3 aromatic rings. The van der Waals surface area contributed by atoms with Crippen molar-refractivity contribution in [2.45, 2.75) is 52.2 Å². The molecule has 4 rings (SSSR count). The molecule has 1 atom stereocenters. The lowest BCUT2D eigenvalue weighted by molar-refractivity contribution is 0.0523. The highest BCUT2D eigenvalue weighted by molar-refractivity contribution is 5.98. The molecule has 1 aliphatic rings. The third-order valence-corrected chi connectivity index (χ3v) is 6.09. The molecule has 1 aromatic carbocycles. The fraction of sp³-hybridized carbons (Fsp3) is 0.370. The van der Waals surface area contributed by atoms with E-state index < -0.39 is 29.5 Å². The van der Waals surface area contributed by atoms with Crippen molar-refractivity contribution in [3.63, 3.8) is 0 Å². The molecule has 11 heteroatoms. The number of carbonyl (C=O) groups excluding carboxylic acids is 2. The average Bonchev–Trinajstić information content (AvgIpc) is 2.81. The van der Waals surface area contributed by atoms with Crippen LogP contribution in [0.2, 0.25) is 0 Å². The van der Waals surface area contributed by atoms with Crippen LogP contribution in [0.4, 0.5) is 19.5 Å². The molecule has 1 aliphatic heterocycles. The molecule has 0 fully saturated rings. The lowest BCUT2D eigenvalue weighted by atomic mass is 9.87. The predicted molar refractivity (Wildman–Crippen MR) is 137 cm³/mol. The standard InChI is InChI=1S/C27H30F2N6O3/c1-15-22-20(34-25(30)33-15)14-21(35(24(22)36)12-6-11-32-26(37)38-27(2,3)4)17-9-8-16(28)13-19(17)18-7-5-10-31-23(18)29/h5,7-10,13,21H,6,11-12,14H2,1-4H3,(H,32,37)(H2,30,33,34). The maximum Gasteiger partial charge on any atom is 0.407 e. The lowest BCUT2D eigenvalue weighted by Gasteiger charge is -2.38. The number of hydrogen-bond acceptors (Lipinski definition) is 7. The van der Waals surface area contributed by atoms with E-state index in [1.165, 1.54) is 24.4 Å². The van der Waals surface area contributed by atoms with E-state index in [4.69, 9.17) is 10.5 Å². The third-order valence-electron chi connectivity index (χ3n) is 6.09. The zero-order valence-electron chi connectivity index (χ0n) is 21.7. The Bertz CT molecular complexity index is 1380. The van der Waals surface area contributed by atoms with Crippen LogP contribution < -0.4 is 11.1 Å². The number of nitrogens with one attached hydrogen (secondary N) is 1. The fourth-order valence-electron chi connectivity index (χ4n) is 4.59. The minimum Gasteiger partial charge on any atom is -0.444 e. The van der Waals surface area contributed by atoms with Gasteiger partial charge in [-0.2, -0.15) is 4.39 Å². The quantitative estimate of drug-likeness (QED) is 0.363. The van der Waals surface area contributed by atoms with Gasteiger partial charge in [0.1, 0.15) is 11.4 Å². The Kier molecular flexibility index (Phi) is 7.56. The van der Waals surface area contributed by atoms with Crippen molar-refractivity contribution in [3.05, 3.63) is 70.8 Å². The third kappa shape index (κ3) is 5.87. The number of nitrogen functional groups attached to an aromatic ring is 1. The number of ether oxygens (including phenoxy) is 1. The van der Waals surface area contributed by atoms with Gasteiger partial charge < -0.3 is 20.7 Å². The van der Waals surface area contributed by atoms with E-state index in [2.05, 4.69) is 20.3 Å². The number of fused-ring (bicyclic) bond motifs is 1. The number of amides is 2. The predicted octanol–water partition coefficient (Wildman–Crippen LogP) is 4.36. The zero-order chi connectivity index (χ0) is 27.6. The maximum atomic E-state index is 14.7. The summed E-state index contributed by atoms with van der Waals surface area (Å²) in [4.78, 5) is 39.6. The summed E-state index contributed by atoms with van der Waals surface area (Å²) in [7, 11) is 0. The molecule has 0 radical (unpaired) electrons. The molecular weight excluding hydrogens is 494 g/mol. The summed E-state index contributed by atoms with van der Waals surface area (Å²) in [6.45, 7) is 7.49. The van der Waals surface area contributed by atoms with Crippen molar-refractivity contribution >= 4 is 17.9 Å². The summed E-state index contributed by atoms with van der Waals surface area (Å²) in [5.74, 6) is -1.59. The molecule has 0 aliphatic carbocycles. The highest BCUT2D eigenvalue weighted by Crippen LogP contribution is 2.39. The van der Waals surface area contributed by atoms with Crippen LogP contribution in [0.3, 0.4) is 0 Å². The number of aromatic nitrogens is 3. The van der Waals surface area contributed by atoms with Crippen LogP contribution in [-0.4, -0.2) is 50.5 Å². The van der Waals surface area contributed by atoms with E-state index in [-0.39, 0.29) is 42.5 Å². The Balaban J connectivity index is 1.69. The smallest absolute Gasteiger partial charge is 0.407 e. The molecule has 0 bridgehead atoms. The second-order valence-corrected chi connectivity index (χ2v) is 10.1. The number of nitrogens with two attached hydrogens (primary N) is 1. The maximum absolute atomic E-state index is 14.7. The first kappa shape index (κ1) is 26.9. The number of benzene rings is 1. The molecular formula is C27H30F2N6O3. The van der Waals surface area contributed by atoms with Crippen molar-refractivity contribution in [1.82, 2.24) is 25.2 Å². The molecule has 3 N–H and O–H groups in total. The number of halogens is 2. The van der Waals surface area contributed by atoms with E-state index in [9.17, 15) is 18.4 Å². The van der Waals surface area contributed by atoms with E-state index in [0.29, 0.717) is 28.9 Å². The highest BCUT2D eigenvalue weighted by Gasteiger charge is 2.37. The van der Waals surface area contributed by atoms with E-state index in [1.807, 2.05) is 0 Å². The van der Waals surface area contributed by atoms with E-state index >= 15 is 0 Å². The molecule has 0 saturated carbocycles. The van der Waals surface area contributed by atoms with Crippen LogP contribution in [-0.2, 0) is 11.2 Å². The van der Waals surface area contributed by atoms with Crippen LogP contribution in [0.15, 0.2) is 36.5 Å². The summed E-state index contributed by atoms with van der Waals surface area (Å²) in [6.07, 6.45) is 1.42. The van der Waals surface area contributed by atoms with E-state index in [1.54, 1.807) is 44.7 Å². The molecule has 3 heterocycles. The first-order valence-electron chi connectivity index (χ1n) is 12.3. The number of pyridine rings is 1. The number of hydrogen-bond donors (Lipinski definition) is 2. The monoisotopic (exact) mass is 524 g/mol. The SMILES string of the molecule is Cc1nc(N)nc2c1C(=O)N(CCCNC(=O)OC(C)(C)C)C(c1ccc(F)cc1-c1cccnc1F)C2. The van der Waals surface area contributed by atoms with Gasteiger partial charge in [-0.3, -0.25) is 4.79 Å². The summed E-state index contributed by atoms with van der Waals surface area (Å²) >= 11 is 0. The van der Waals surface area contributed by atoms with E-state index in [0.717, 1.165) is 0 Å². The van der Waals surface area contributed by atoms with Gasteiger partial charge in [0, 0.05) is 31.3 Å². The minimum absolute atomic E-state index is 0.0421. The summed E-state index contributed by atoms with van der Waals surface area (Å²) in [6, 6.07) is 6.51. The first-order valence-corrected chi connectivity index (χ1v) is 12.3. The summed E-state index contributed by atoms with van der Waals surface area (Å²) in [5.41, 5.74) is 7.44. The van der Waals surface area contributed by atoms with Crippen LogP contribution in [0.1, 0.15) is 60.5 Å². The van der Waals surface area contributed by atoms with Crippen molar-refractivity contribution in [3.8, 4) is 11.1 Å². The Morgan fingerprint density at radius 2 is 1.97 bits per heavy atom. The number of rotatable bonds is 6. The highest BCUT2D eigenvalue weighted by atomic mass is 19.1. The van der Waals surface area contributed by atoms with Gasteiger partial charge in [-0.25, -0.2) is 24.1 Å². The molecule has 0 spiro atoms. The van der Waals surface area contributed by atoms with Crippen LogP contribution in [0.25, 0.3) is 11.1 Å². The topological polar surface area (TPSA) is 123 Å². The Hall–Kier alpha value is -4.15. The van der Waals surface area contributed by atoms with Crippen LogP contribution >= 0.6 is 0 Å². The van der Waals surface area contributed by atoms with Crippen molar-refractivity contribution < 1.29 is 23.1 Å².